The van der Waals surface area contributed by atoms with Crippen LogP contribution in [0.5, 0.6) is 5.75 Å². The molecule has 1 N–H and O–H groups in total. The molecule has 0 atom stereocenters. The maximum atomic E-state index is 12.1. The van der Waals surface area contributed by atoms with Crippen molar-refractivity contribution in [3.63, 3.8) is 0 Å². The van der Waals surface area contributed by atoms with Gasteiger partial charge in [0.2, 0.25) is 0 Å². The monoisotopic (exact) mass is 320 g/mol. The Morgan fingerprint density at radius 2 is 1.96 bits per heavy atom. The third-order valence-corrected chi connectivity index (χ3v) is 3.88. The van der Waals surface area contributed by atoms with Gasteiger partial charge in [-0.15, -0.1) is 0 Å². The Hall–Kier alpha value is -2.88. The van der Waals surface area contributed by atoms with E-state index in [2.05, 4.69) is 35.4 Å². The van der Waals surface area contributed by atoms with E-state index in [-0.39, 0.29) is 5.91 Å². The lowest BCUT2D eigenvalue weighted by molar-refractivity contribution is -0.115. The van der Waals surface area contributed by atoms with Crippen molar-refractivity contribution in [2.45, 2.75) is 19.8 Å². The zero-order valence-electron chi connectivity index (χ0n) is 13.9. The van der Waals surface area contributed by atoms with Crippen LogP contribution in [0.3, 0.4) is 0 Å². The van der Waals surface area contributed by atoms with Crippen LogP contribution in [0.2, 0.25) is 0 Å². The first-order valence-corrected chi connectivity index (χ1v) is 7.94. The highest BCUT2D eigenvalue weighted by molar-refractivity contribution is 6.14. The van der Waals surface area contributed by atoms with Crippen LogP contribution in [-0.2, 0) is 11.2 Å². The van der Waals surface area contributed by atoms with E-state index in [1.165, 1.54) is 11.1 Å². The summed E-state index contributed by atoms with van der Waals surface area (Å²) in [4.78, 5) is 16.5. The second kappa shape index (κ2) is 7.13. The first-order chi connectivity index (χ1) is 11.6. The molecule has 24 heavy (non-hydrogen) atoms. The number of amides is 1. The van der Waals surface area contributed by atoms with E-state index in [4.69, 9.17) is 4.74 Å². The Bertz CT molecular complexity index is 822. The SMILES string of the molecule is COc1cccc(/C=C2/N=C(CCc3cccc(C)c3)NC2=O)c1. The van der Waals surface area contributed by atoms with E-state index in [0.717, 1.165) is 23.6 Å². The minimum atomic E-state index is -0.155. The number of carbonyl (C=O) groups excluding carboxylic acids is 1. The predicted octanol–water partition coefficient (Wildman–Crippen LogP) is 3.51. The number of nitrogens with zero attached hydrogens (tertiary/aromatic N) is 1. The second-order valence-corrected chi connectivity index (χ2v) is 5.81. The van der Waals surface area contributed by atoms with E-state index in [1.807, 2.05) is 30.3 Å². The quantitative estimate of drug-likeness (QED) is 0.857. The average molecular weight is 320 g/mol. The van der Waals surface area contributed by atoms with Gasteiger partial charge >= 0.3 is 0 Å². The molecule has 0 bridgehead atoms. The molecule has 2 aromatic rings. The molecule has 3 rings (SSSR count). The Kier molecular flexibility index (Phi) is 4.75. The molecular formula is C20H20N2O2. The largest absolute Gasteiger partial charge is 0.497 e. The molecule has 2 aromatic carbocycles. The molecule has 1 amide bonds. The number of hydrogen-bond acceptors (Lipinski definition) is 3. The second-order valence-electron chi connectivity index (χ2n) is 5.81. The summed E-state index contributed by atoms with van der Waals surface area (Å²) in [5.74, 6) is 1.32. The Labute approximate surface area is 141 Å². The number of amidine groups is 1. The van der Waals surface area contributed by atoms with Crippen LogP contribution in [0, 0.1) is 6.92 Å². The number of ether oxygens (including phenoxy) is 1. The van der Waals surface area contributed by atoms with Crippen molar-refractivity contribution in [1.29, 1.82) is 0 Å². The van der Waals surface area contributed by atoms with Crippen molar-refractivity contribution in [2.24, 2.45) is 4.99 Å². The molecule has 0 saturated carbocycles. The molecule has 1 aliphatic heterocycles. The highest BCUT2D eigenvalue weighted by atomic mass is 16.5. The zero-order chi connectivity index (χ0) is 16.9. The molecule has 0 saturated heterocycles. The first-order valence-electron chi connectivity index (χ1n) is 7.94. The van der Waals surface area contributed by atoms with Crippen LogP contribution in [-0.4, -0.2) is 18.9 Å². The van der Waals surface area contributed by atoms with Gasteiger partial charge in [-0.05, 0) is 42.7 Å². The van der Waals surface area contributed by atoms with Gasteiger partial charge in [0, 0.05) is 6.42 Å². The lowest BCUT2D eigenvalue weighted by atomic mass is 10.1. The summed E-state index contributed by atoms with van der Waals surface area (Å²) in [5, 5.41) is 2.85. The minimum absolute atomic E-state index is 0.155. The Morgan fingerprint density at radius 3 is 2.75 bits per heavy atom. The fraction of sp³-hybridized carbons (Fsp3) is 0.200. The van der Waals surface area contributed by atoms with Crippen molar-refractivity contribution in [3.05, 3.63) is 70.9 Å². The van der Waals surface area contributed by atoms with Gasteiger partial charge in [0.15, 0.2) is 0 Å². The number of nitrogens with one attached hydrogen (secondary N) is 1. The lowest BCUT2D eigenvalue weighted by Crippen LogP contribution is -2.24. The summed E-state index contributed by atoms with van der Waals surface area (Å²) >= 11 is 0. The normalized spacial score (nSPS) is 15.3. The summed E-state index contributed by atoms with van der Waals surface area (Å²) in [6, 6.07) is 15.9. The van der Waals surface area contributed by atoms with Gasteiger partial charge in [-0.2, -0.15) is 0 Å². The third kappa shape index (κ3) is 3.90. The van der Waals surface area contributed by atoms with Gasteiger partial charge in [0.25, 0.3) is 5.91 Å². The van der Waals surface area contributed by atoms with Gasteiger partial charge in [-0.25, -0.2) is 4.99 Å². The number of hydrogen-bond donors (Lipinski definition) is 1. The van der Waals surface area contributed by atoms with Crippen LogP contribution < -0.4 is 10.1 Å². The smallest absolute Gasteiger partial charge is 0.275 e. The van der Waals surface area contributed by atoms with Gasteiger partial charge in [-0.3, -0.25) is 4.79 Å². The van der Waals surface area contributed by atoms with Crippen LogP contribution in [0.25, 0.3) is 6.08 Å². The summed E-state index contributed by atoms with van der Waals surface area (Å²) < 4.78 is 5.20. The van der Waals surface area contributed by atoms with Crippen LogP contribution in [0.15, 0.2) is 59.2 Å². The van der Waals surface area contributed by atoms with Crippen LogP contribution in [0.1, 0.15) is 23.1 Å². The lowest BCUT2D eigenvalue weighted by Gasteiger charge is -2.02. The van der Waals surface area contributed by atoms with Crippen molar-refractivity contribution >= 4 is 17.8 Å². The van der Waals surface area contributed by atoms with Crippen LogP contribution in [0.4, 0.5) is 0 Å². The molecule has 0 aliphatic carbocycles. The van der Waals surface area contributed by atoms with Gasteiger partial charge in [0.1, 0.15) is 17.3 Å². The van der Waals surface area contributed by atoms with Gasteiger partial charge in [-0.1, -0.05) is 42.0 Å². The Morgan fingerprint density at radius 1 is 1.12 bits per heavy atom. The highest BCUT2D eigenvalue weighted by Gasteiger charge is 2.19. The molecule has 0 radical (unpaired) electrons. The number of benzene rings is 2. The predicted molar refractivity (Wildman–Crippen MR) is 96.0 cm³/mol. The van der Waals surface area contributed by atoms with E-state index in [9.17, 15) is 4.79 Å². The molecule has 0 aromatic heterocycles. The number of carbonyl (C=O) groups is 1. The molecule has 4 nitrogen and oxygen atoms in total. The van der Waals surface area contributed by atoms with Crippen molar-refractivity contribution in [1.82, 2.24) is 5.32 Å². The summed E-state index contributed by atoms with van der Waals surface area (Å²) in [7, 11) is 1.62. The highest BCUT2D eigenvalue weighted by Crippen LogP contribution is 2.18. The number of aliphatic imine (C=N–C) groups is 1. The van der Waals surface area contributed by atoms with Crippen molar-refractivity contribution in [2.75, 3.05) is 7.11 Å². The maximum Gasteiger partial charge on any atom is 0.275 e. The molecule has 4 heteroatoms. The van der Waals surface area contributed by atoms with E-state index < -0.39 is 0 Å². The van der Waals surface area contributed by atoms with Gasteiger partial charge in [0.05, 0.1) is 7.11 Å². The summed E-state index contributed by atoms with van der Waals surface area (Å²) in [6.45, 7) is 2.08. The molecule has 1 aliphatic rings. The summed E-state index contributed by atoms with van der Waals surface area (Å²) in [5.41, 5.74) is 3.81. The Balaban J connectivity index is 1.71. The van der Waals surface area contributed by atoms with E-state index in [1.54, 1.807) is 13.2 Å². The number of methoxy groups -OCH3 is 1. The molecule has 0 unspecified atom stereocenters. The van der Waals surface area contributed by atoms with Crippen molar-refractivity contribution < 1.29 is 9.53 Å². The standard InChI is InChI=1S/C20H20N2O2/c1-14-5-3-6-15(11-14)9-10-19-21-18(20(23)22-19)13-16-7-4-8-17(12-16)24-2/h3-8,11-13H,9-10H2,1-2H3,(H,21,22,23)/b18-13+. The first kappa shape index (κ1) is 16.0. The molecule has 122 valence electrons. The molecule has 0 fully saturated rings. The molecule has 0 spiro atoms. The van der Waals surface area contributed by atoms with E-state index in [0.29, 0.717) is 12.1 Å². The molecular weight excluding hydrogens is 300 g/mol. The van der Waals surface area contributed by atoms with Crippen molar-refractivity contribution in [3.8, 4) is 5.75 Å². The topological polar surface area (TPSA) is 50.7 Å². The maximum absolute atomic E-state index is 12.1. The fourth-order valence-electron chi connectivity index (χ4n) is 2.65. The molecule has 1 heterocycles. The number of aryl methyl sites for hydroxylation is 2. The minimum Gasteiger partial charge on any atom is -0.497 e. The summed E-state index contributed by atoms with van der Waals surface area (Å²) in [6.07, 6.45) is 3.34. The average Bonchev–Trinajstić information content (AvgIpc) is 2.93. The van der Waals surface area contributed by atoms with Gasteiger partial charge < -0.3 is 10.1 Å². The van der Waals surface area contributed by atoms with E-state index >= 15 is 0 Å². The fourth-order valence-corrected chi connectivity index (χ4v) is 2.65. The van der Waals surface area contributed by atoms with Crippen LogP contribution >= 0.6 is 0 Å². The zero-order valence-corrected chi connectivity index (χ0v) is 13.9. The number of rotatable bonds is 5. The third-order valence-electron chi connectivity index (χ3n) is 3.88.